The first-order valence-corrected chi connectivity index (χ1v) is 41.0. The van der Waals surface area contributed by atoms with E-state index in [0.29, 0.717) is 23.9 Å². The van der Waals surface area contributed by atoms with Gasteiger partial charge in [0.2, 0.25) is 0 Å². The lowest BCUT2D eigenvalue weighted by molar-refractivity contribution is -0.870. The highest BCUT2D eigenvalue weighted by atomic mass is 16.7. The van der Waals surface area contributed by atoms with E-state index >= 15 is 0 Å². The molecule has 0 fully saturated rings. The summed E-state index contributed by atoms with van der Waals surface area (Å²) in [6.07, 6.45) is 113. The van der Waals surface area contributed by atoms with E-state index in [1.807, 2.05) is 21.1 Å². The number of unbranched alkanes of at least 4 members (excludes halogenated alkanes) is 36. The molecule has 0 aromatic heterocycles. The summed E-state index contributed by atoms with van der Waals surface area (Å²) in [6.45, 7) is 4.67. The smallest absolute Gasteiger partial charge is 0.361 e. The van der Waals surface area contributed by atoms with Crippen molar-refractivity contribution in [1.82, 2.24) is 0 Å². The van der Waals surface area contributed by atoms with Crippen molar-refractivity contribution in [1.29, 1.82) is 0 Å². The van der Waals surface area contributed by atoms with Crippen LogP contribution in [0.25, 0.3) is 0 Å². The van der Waals surface area contributed by atoms with E-state index in [4.69, 9.17) is 18.9 Å². The maximum atomic E-state index is 13.0. The van der Waals surface area contributed by atoms with Crippen LogP contribution in [-0.4, -0.2) is 87.4 Å². The number of carboxylic acid groups (broad SMARTS) is 1. The number of rotatable bonds is 75. The summed E-state index contributed by atoms with van der Waals surface area (Å²) in [5.41, 5.74) is 0. The van der Waals surface area contributed by atoms with Crippen LogP contribution < -0.4 is 0 Å². The largest absolute Gasteiger partial charge is 0.477 e. The van der Waals surface area contributed by atoms with Crippen molar-refractivity contribution < 1.29 is 42.9 Å². The monoisotopic (exact) mass is 1380 g/mol. The van der Waals surface area contributed by atoms with Crippen molar-refractivity contribution in [2.45, 2.75) is 360 Å². The molecule has 0 radical (unpaired) electrons. The zero-order chi connectivity index (χ0) is 71.8. The minimum atomic E-state index is -1.52. The number of carboxylic acids is 1. The molecule has 0 heterocycles. The van der Waals surface area contributed by atoms with Gasteiger partial charge >= 0.3 is 17.9 Å². The standard InChI is InChI=1S/C90H153NO8/c1-6-8-10-12-14-16-18-20-22-24-26-28-30-32-34-36-38-40-42-43-44-45-47-48-50-52-54-56-58-60-62-64-66-68-70-72-74-76-78-80-87(92)97-84-86(85-98-90(89(94)95)96-83-82-91(3,4)5)99-88(93)81-79-77-75-73-71-69-67-65-63-61-59-57-55-53-51-49-46-41-39-37-35-33-31-29-27-25-23-21-19-17-15-13-11-9-7-2/h8-11,14-17,20-23,26-29,33,35,39,41,49,51,55,57,86,90H,6-7,12-13,18-19,24-25,30-32,34,36-38,40,42-48,50,52-54,56,58-85H2,1-5H3/p+1/b10-8-,11-9-,16-14-,17-15-,22-20-,23-21-,28-26-,29-27-,35-33-,41-39-,51-49-,57-55-. The molecule has 0 bridgehead atoms. The number of carbonyl (C=O) groups excluding carboxylic acids is 2. The lowest BCUT2D eigenvalue weighted by atomic mass is 10.0. The first kappa shape index (κ1) is 94.2. The van der Waals surface area contributed by atoms with Gasteiger partial charge in [-0.25, -0.2) is 4.79 Å². The van der Waals surface area contributed by atoms with E-state index in [0.717, 1.165) is 122 Å². The Hall–Kier alpha value is -4.83. The van der Waals surface area contributed by atoms with E-state index in [9.17, 15) is 19.5 Å². The van der Waals surface area contributed by atoms with Crippen LogP contribution in [0, 0.1) is 0 Å². The number of aliphatic carboxylic acids is 1. The molecule has 0 spiro atoms. The number of esters is 2. The van der Waals surface area contributed by atoms with Crippen molar-refractivity contribution in [3.63, 3.8) is 0 Å². The van der Waals surface area contributed by atoms with Crippen molar-refractivity contribution >= 4 is 17.9 Å². The number of carbonyl (C=O) groups is 3. The summed E-state index contributed by atoms with van der Waals surface area (Å²) in [7, 11) is 5.98. The second-order valence-corrected chi connectivity index (χ2v) is 28.3. The van der Waals surface area contributed by atoms with Crippen molar-refractivity contribution in [3.8, 4) is 0 Å². The van der Waals surface area contributed by atoms with Crippen molar-refractivity contribution in [2.75, 3.05) is 47.5 Å². The average Bonchev–Trinajstić information content (AvgIpc) is 1.16. The first-order chi connectivity index (χ1) is 48.6. The SMILES string of the molecule is CC/C=C\C/C=C\C/C=C\C/C=C\C/C=C\C/C=C\C/C=C\C/C=C\CCCCCCCCCCCCC(=O)OC(COC(=O)CCCCCCCCCCCCCCCCCCCCCCCCCCCC/C=C\C/C=C\C/C=C\C/C=C\CC)COC(OCC[N+](C)(C)C)C(=O)O. The minimum absolute atomic E-state index is 0.183. The van der Waals surface area contributed by atoms with Crippen LogP contribution in [0.1, 0.15) is 348 Å². The van der Waals surface area contributed by atoms with Gasteiger partial charge in [0.1, 0.15) is 13.2 Å². The van der Waals surface area contributed by atoms with Crippen LogP contribution >= 0.6 is 0 Å². The molecule has 0 aliphatic heterocycles. The van der Waals surface area contributed by atoms with Gasteiger partial charge in [0.15, 0.2) is 6.10 Å². The molecule has 0 amide bonds. The van der Waals surface area contributed by atoms with Crippen LogP contribution in [0.5, 0.6) is 0 Å². The van der Waals surface area contributed by atoms with E-state index < -0.39 is 24.3 Å². The third-order valence-corrected chi connectivity index (χ3v) is 17.6. The van der Waals surface area contributed by atoms with Gasteiger partial charge in [-0.05, 0) is 116 Å². The zero-order valence-corrected chi connectivity index (χ0v) is 64.9. The second-order valence-electron chi connectivity index (χ2n) is 28.3. The molecule has 9 nitrogen and oxygen atoms in total. The summed E-state index contributed by atoms with van der Waals surface area (Å²) >= 11 is 0. The molecule has 566 valence electrons. The van der Waals surface area contributed by atoms with Gasteiger partial charge in [0.05, 0.1) is 34.4 Å². The topological polar surface area (TPSA) is 108 Å². The summed E-state index contributed by atoms with van der Waals surface area (Å²) in [5, 5.41) is 9.78. The highest BCUT2D eigenvalue weighted by Crippen LogP contribution is 2.19. The molecule has 0 aromatic rings. The number of hydrogen-bond donors (Lipinski definition) is 1. The third kappa shape index (κ3) is 80.4. The Kier molecular flexibility index (Phi) is 75.0. The highest BCUT2D eigenvalue weighted by molar-refractivity contribution is 5.71. The second kappa shape index (κ2) is 78.9. The number of likely N-dealkylation sites (N-methyl/N-ethyl adjacent to an activating group) is 1. The highest BCUT2D eigenvalue weighted by Gasteiger charge is 2.25. The molecular weight excluding hydrogens is 1220 g/mol. The Morgan fingerprint density at radius 1 is 0.303 bits per heavy atom. The summed E-state index contributed by atoms with van der Waals surface area (Å²) in [5.74, 6) is -2.00. The molecule has 0 aromatic carbocycles. The quantitative estimate of drug-likeness (QED) is 0.0211. The van der Waals surface area contributed by atoms with Gasteiger partial charge in [0, 0.05) is 12.8 Å². The zero-order valence-electron chi connectivity index (χ0n) is 64.9. The van der Waals surface area contributed by atoms with Gasteiger partial charge in [-0.2, -0.15) is 0 Å². The van der Waals surface area contributed by atoms with Gasteiger partial charge in [-0.15, -0.1) is 0 Å². The Morgan fingerprint density at radius 2 is 0.545 bits per heavy atom. The molecule has 9 heteroatoms. The van der Waals surface area contributed by atoms with Crippen molar-refractivity contribution in [3.05, 3.63) is 146 Å². The van der Waals surface area contributed by atoms with Crippen LogP contribution in [0.3, 0.4) is 0 Å². The fourth-order valence-electron chi connectivity index (χ4n) is 11.4. The molecule has 2 unspecified atom stereocenters. The minimum Gasteiger partial charge on any atom is -0.477 e. The third-order valence-electron chi connectivity index (χ3n) is 17.6. The van der Waals surface area contributed by atoms with Gasteiger partial charge in [0.25, 0.3) is 6.29 Å². The Morgan fingerprint density at radius 3 is 0.808 bits per heavy atom. The molecule has 0 aliphatic rings. The maximum Gasteiger partial charge on any atom is 0.361 e. The number of ether oxygens (including phenoxy) is 4. The Balaban J connectivity index is 4.02. The van der Waals surface area contributed by atoms with Gasteiger partial charge in [-0.1, -0.05) is 365 Å². The molecule has 0 saturated heterocycles. The molecule has 99 heavy (non-hydrogen) atoms. The predicted octanol–water partition coefficient (Wildman–Crippen LogP) is 26.6. The van der Waals surface area contributed by atoms with Gasteiger partial charge < -0.3 is 28.5 Å². The van der Waals surface area contributed by atoms with E-state index in [1.54, 1.807) is 0 Å². The first-order valence-electron chi connectivity index (χ1n) is 41.0. The van der Waals surface area contributed by atoms with Gasteiger partial charge in [-0.3, -0.25) is 9.59 Å². The molecular formula is C90H154NO8+. The van der Waals surface area contributed by atoms with Crippen LogP contribution in [0.15, 0.2) is 146 Å². The molecule has 0 aliphatic carbocycles. The van der Waals surface area contributed by atoms with E-state index in [-0.39, 0.29) is 32.2 Å². The number of nitrogens with zero attached hydrogens (tertiary/aromatic N) is 1. The number of quaternary nitrogens is 1. The predicted molar refractivity (Wildman–Crippen MR) is 428 cm³/mol. The van der Waals surface area contributed by atoms with Crippen LogP contribution in [0.2, 0.25) is 0 Å². The normalized spacial score (nSPS) is 13.4. The maximum absolute atomic E-state index is 13.0. The van der Waals surface area contributed by atoms with Crippen LogP contribution in [-0.2, 0) is 33.3 Å². The molecule has 1 N–H and O–H groups in total. The number of allylic oxidation sites excluding steroid dienone is 24. The lowest BCUT2D eigenvalue weighted by Crippen LogP contribution is -2.40. The lowest BCUT2D eigenvalue weighted by Gasteiger charge is -2.25. The number of hydrogen-bond acceptors (Lipinski definition) is 7. The fourth-order valence-corrected chi connectivity index (χ4v) is 11.4. The molecule has 0 rings (SSSR count). The molecule has 0 saturated carbocycles. The summed E-state index contributed by atoms with van der Waals surface area (Å²) in [6, 6.07) is 0. The van der Waals surface area contributed by atoms with Crippen LogP contribution in [0.4, 0.5) is 0 Å². The van der Waals surface area contributed by atoms with E-state index in [2.05, 4.69) is 160 Å². The Bertz CT molecular complexity index is 2150. The fraction of sp³-hybridized carbons (Fsp3) is 0.700. The average molecular weight is 1380 g/mol. The van der Waals surface area contributed by atoms with E-state index in [1.165, 1.54) is 193 Å². The molecule has 2 atom stereocenters. The summed E-state index contributed by atoms with van der Waals surface area (Å²) in [4.78, 5) is 37.8. The van der Waals surface area contributed by atoms with Crippen molar-refractivity contribution in [2.24, 2.45) is 0 Å². The Labute approximate surface area is 611 Å². The summed E-state index contributed by atoms with van der Waals surface area (Å²) < 4.78 is 23.1.